The Morgan fingerprint density at radius 3 is 2.52 bits per heavy atom. The van der Waals surface area contributed by atoms with Gasteiger partial charge in [-0.05, 0) is 57.0 Å². The van der Waals surface area contributed by atoms with E-state index >= 15 is 0 Å². The highest BCUT2D eigenvalue weighted by atomic mass is 19.1. The summed E-state index contributed by atoms with van der Waals surface area (Å²) in [5, 5.41) is 0. The van der Waals surface area contributed by atoms with Gasteiger partial charge in [-0.1, -0.05) is 0 Å². The van der Waals surface area contributed by atoms with Crippen LogP contribution < -0.4 is 5.73 Å². The van der Waals surface area contributed by atoms with Crippen LogP contribution in [0.1, 0.15) is 34.6 Å². The minimum Gasteiger partial charge on any atom is -0.369 e. The molecule has 6 heteroatoms. The molecule has 1 aromatic heterocycles. The molecule has 2 heterocycles. The number of nitrogens with zero attached hydrogens (tertiary/aromatic N) is 2. The van der Waals surface area contributed by atoms with Gasteiger partial charge in [0.1, 0.15) is 5.82 Å². The Morgan fingerprint density at radius 1 is 1.20 bits per heavy atom. The quantitative estimate of drug-likeness (QED) is 0.931. The van der Waals surface area contributed by atoms with Crippen molar-refractivity contribution in [3.8, 4) is 5.69 Å². The first kappa shape index (κ1) is 17.2. The van der Waals surface area contributed by atoms with Crippen LogP contribution in [0.4, 0.5) is 4.39 Å². The van der Waals surface area contributed by atoms with Crippen LogP contribution >= 0.6 is 0 Å². The topological polar surface area (TPSA) is 68.3 Å². The molecule has 1 saturated heterocycles. The number of primary amides is 1. The predicted octanol–water partition coefficient (Wildman–Crippen LogP) is 2.57. The van der Waals surface area contributed by atoms with Gasteiger partial charge >= 0.3 is 0 Å². The highest BCUT2D eigenvalue weighted by Gasteiger charge is 2.29. The largest absolute Gasteiger partial charge is 0.369 e. The smallest absolute Gasteiger partial charge is 0.255 e. The van der Waals surface area contributed by atoms with Crippen molar-refractivity contribution in [1.29, 1.82) is 0 Å². The zero-order chi connectivity index (χ0) is 18.1. The summed E-state index contributed by atoms with van der Waals surface area (Å²) in [6.07, 6.45) is 1.50. The maximum Gasteiger partial charge on any atom is 0.255 e. The molecular formula is C19H22FN3O2. The van der Waals surface area contributed by atoms with E-state index in [4.69, 9.17) is 5.73 Å². The Labute approximate surface area is 146 Å². The zero-order valence-corrected chi connectivity index (χ0v) is 14.5. The van der Waals surface area contributed by atoms with E-state index in [0.29, 0.717) is 18.7 Å². The number of carbonyl (C=O) groups excluding carboxylic acids is 2. The molecule has 132 valence electrons. The summed E-state index contributed by atoms with van der Waals surface area (Å²) in [6, 6.07) is 8.02. The van der Waals surface area contributed by atoms with E-state index in [1.807, 2.05) is 24.5 Å². The summed E-state index contributed by atoms with van der Waals surface area (Å²) < 4.78 is 15.1. The van der Waals surface area contributed by atoms with Crippen LogP contribution in [0, 0.1) is 25.6 Å². The summed E-state index contributed by atoms with van der Waals surface area (Å²) in [7, 11) is 0. The molecule has 1 aliphatic heterocycles. The van der Waals surface area contributed by atoms with E-state index in [-0.39, 0.29) is 23.5 Å². The lowest BCUT2D eigenvalue weighted by molar-refractivity contribution is -0.123. The van der Waals surface area contributed by atoms with Crippen molar-refractivity contribution in [2.24, 2.45) is 11.7 Å². The van der Waals surface area contributed by atoms with Crippen LogP contribution in [-0.4, -0.2) is 34.4 Å². The minimum absolute atomic E-state index is 0.0904. The fraction of sp³-hybridized carbons (Fsp3) is 0.368. The van der Waals surface area contributed by atoms with Crippen molar-refractivity contribution in [3.05, 3.63) is 53.1 Å². The molecule has 1 aromatic carbocycles. The van der Waals surface area contributed by atoms with Gasteiger partial charge in [-0.3, -0.25) is 9.59 Å². The molecule has 0 aliphatic carbocycles. The van der Waals surface area contributed by atoms with E-state index < -0.39 is 0 Å². The Bertz CT molecular complexity index is 811. The number of likely N-dealkylation sites (tertiary alicyclic amines) is 1. The van der Waals surface area contributed by atoms with Gasteiger partial charge in [-0.2, -0.15) is 0 Å². The molecule has 0 radical (unpaired) electrons. The van der Waals surface area contributed by atoms with Gasteiger partial charge in [0.25, 0.3) is 5.91 Å². The van der Waals surface area contributed by atoms with Gasteiger partial charge in [0.2, 0.25) is 5.91 Å². The van der Waals surface area contributed by atoms with Gasteiger partial charge in [-0.15, -0.1) is 0 Å². The van der Waals surface area contributed by atoms with Gasteiger partial charge in [0.15, 0.2) is 0 Å². The van der Waals surface area contributed by atoms with Crippen molar-refractivity contribution in [2.75, 3.05) is 13.1 Å². The number of hydrogen-bond acceptors (Lipinski definition) is 2. The fourth-order valence-electron chi connectivity index (χ4n) is 3.53. The molecule has 2 amide bonds. The molecule has 1 fully saturated rings. The summed E-state index contributed by atoms with van der Waals surface area (Å²) in [4.78, 5) is 26.1. The van der Waals surface area contributed by atoms with Gasteiger partial charge in [-0.25, -0.2) is 4.39 Å². The van der Waals surface area contributed by atoms with Crippen LogP contribution in [0.2, 0.25) is 0 Å². The molecule has 25 heavy (non-hydrogen) atoms. The number of halogens is 1. The molecule has 2 N–H and O–H groups in total. The molecule has 0 spiro atoms. The minimum atomic E-state index is -0.353. The second kappa shape index (κ2) is 6.70. The standard InChI is InChI=1S/C19H22FN3O2/c1-12-10-17(13(2)23(12)16-7-5-15(20)6-8-16)19(25)22-9-3-4-14(11-22)18(21)24/h5-8,10,14H,3-4,9,11H2,1-2H3,(H2,21,24). The van der Waals surface area contributed by atoms with E-state index in [1.54, 1.807) is 17.0 Å². The lowest BCUT2D eigenvalue weighted by Crippen LogP contribution is -2.44. The number of rotatable bonds is 3. The van der Waals surface area contributed by atoms with Crippen molar-refractivity contribution in [2.45, 2.75) is 26.7 Å². The van der Waals surface area contributed by atoms with Crippen molar-refractivity contribution in [1.82, 2.24) is 9.47 Å². The lowest BCUT2D eigenvalue weighted by atomic mass is 9.97. The van der Waals surface area contributed by atoms with Gasteiger partial charge < -0.3 is 15.2 Å². The Hall–Kier alpha value is -2.63. The van der Waals surface area contributed by atoms with Crippen LogP contribution in [-0.2, 0) is 4.79 Å². The lowest BCUT2D eigenvalue weighted by Gasteiger charge is -2.31. The maximum atomic E-state index is 13.2. The number of carbonyl (C=O) groups is 2. The molecule has 1 aliphatic rings. The molecule has 2 aromatic rings. The van der Waals surface area contributed by atoms with Crippen molar-refractivity contribution >= 4 is 11.8 Å². The van der Waals surface area contributed by atoms with Gasteiger partial charge in [0, 0.05) is 30.2 Å². The number of aryl methyl sites for hydroxylation is 1. The average molecular weight is 343 g/mol. The molecule has 3 rings (SSSR count). The SMILES string of the molecule is Cc1cc(C(=O)N2CCCC(C(N)=O)C2)c(C)n1-c1ccc(F)cc1. The summed E-state index contributed by atoms with van der Waals surface area (Å²) in [5.41, 5.74) is 8.52. The van der Waals surface area contributed by atoms with E-state index in [1.165, 1.54) is 12.1 Å². The number of piperidine rings is 1. The first-order valence-corrected chi connectivity index (χ1v) is 8.42. The Morgan fingerprint density at radius 2 is 1.88 bits per heavy atom. The third-order valence-corrected chi connectivity index (χ3v) is 4.86. The van der Waals surface area contributed by atoms with Crippen LogP contribution in [0.25, 0.3) is 5.69 Å². The Kier molecular flexibility index (Phi) is 4.61. The third-order valence-electron chi connectivity index (χ3n) is 4.86. The molecule has 5 nitrogen and oxygen atoms in total. The fourth-order valence-corrected chi connectivity index (χ4v) is 3.53. The second-order valence-corrected chi connectivity index (χ2v) is 6.59. The number of benzene rings is 1. The summed E-state index contributed by atoms with van der Waals surface area (Å²) in [5.74, 6) is -1.02. The highest BCUT2D eigenvalue weighted by Crippen LogP contribution is 2.24. The third kappa shape index (κ3) is 3.29. The van der Waals surface area contributed by atoms with E-state index in [2.05, 4.69) is 0 Å². The van der Waals surface area contributed by atoms with Crippen LogP contribution in [0.15, 0.2) is 30.3 Å². The molecule has 1 unspecified atom stereocenters. The molecule has 0 bridgehead atoms. The maximum absolute atomic E-state index is 13.2. The number of hydrogen-bond donors (Lipinski definition) is 1. The summed E-state index contributed by atoms with van der Waals surface area (Å²) in [6.45, 7) is 4.78. The van der Waals surface area contributed by atoms with Gasteiger partial charge in [0.05, 0.1) is 11.5 Å². The first-order valence-electron chi connectivity index (χ1n) is 8.42. The van der Waals surface area contributed by atoms with Crippen molar-refractivity contribution in [3.63, 3.8) is 0 Å². The molecule has 1 atom stereocenters. The summed E-state index contributed by atoms with van der Waals surface area (Å²) >= 11 is 0. The predicted molar refractivity (Wildman–Crippen MR) is 93.0 cm³/mol. The average Bonchev–Trinajstić information content (AvgIpc) is 2.90. The molecule has 0 saturated carbocycles. The van der Waals surface area contributed by atoms with Crippen LogP contribution in [0.5, 0.6) is 0 Å². The molecular weight excluding hydrogens is 321 g/mol. The number of nitrogens with two attached hydrogens (primary N) is 1. The monoisotopic (exact) mass is 343 g/mol. The normalized spacial score (nSPS) is 17.6. The number of amides is 2. The van der Waals surface area contributed by atoms with E-state index in [9.17, 15) is 14.0 Å². The highest BCUT2D eigenvalue weighted by molar-refractivity contribution is 5.96. The Balaban J connectivity index is 1.90. The number of aromatic nitrogens is 1. The first-order chi connectivity index (χ1) is 11.9. The zero-order valence-electron chi connectivity index (χ0n) is 14.5. The van der Waals surface area contributed by atoms with Crippen molar-refractivity contribution < 1.29 is 14.0 Å². The van der Waals surface area contributed by atoms with E-state index in [0.717, 1.165) is 29.9 Å². The van der Waals surface area contributed by atoms with Crippen LogP contribution in [0.3, 0.4) is 0 Å². The second-order valence-electron chi connectivity index (χ2n) is 6.59.